The molecule has 2 aromatic heterocycles. The van der Waals surface area contributed by atoms with Crippen LogP contribution in [0.25, 0.3) is 10.3 Å². The summed E-state index contributed by atoms with van der Waals surface area (Å²) >= 11 is 1.72. The molecule has 0 aliphatic heterocycles. The van der Waals surface area contributed by atoms with Gasteiger partial charge in [-0.15, -0.1) is 16.4 Å². The summed E-state index contributed by atoms with van der Waals surface area (Å²) in [5.41, 5.74) is 0.780. The molecule has 0 saturated carbocycles. The molecule has 0 saturated heterocycles. The highest BCUT2D eigenvalue weighted by molar-refractivity contribution is 7.18. The minimum atomic E-state index is 0.527. The maximum absolute atomic E-state index is 4.43. The molecule has 2 heterocycles. The molecule has 0 fully saturated rings. The first-order chi connectivity index (χ1) is 6.31. The van der Waals surface area contributed by atoms with Gasteiger partial charge in [0, 0.05) is 5.92 Å². The molecule has 0 aromatic carbocycles. The lowest BCUT2D eigenvalue weighted by Gasteiger charge is -2.00. The van der Waals surface area contributed by atoms with E-state index in [4.69, 9.17) is 0 Å². The third-order valence-corrected chi connectivity index (χ3v) is 3.37. The van der Waals surface area contributed by atoms with Crippen molar-refractivity contribution in [1.82, 2.24) is 15.2 Å². The fraction of sp³-hybridized carbons (Fsp3) is 0.444. The molecule has 1 unspecified atom stereocenters. The zero-order valence-electron chi connectivity index (χ0n) is 7.69. The molecule has 0 radical (unpaired) electrons. The largest absolute Gasteiger partial charge is 0.220 e. The van der Waals surface area contributed by atoms with E-state index in [0.717, 1.165) is 21.8 Å². The van der Waals surface area contributed by atoms with Crippen LogP contribution in [0.15, 0.2) is 12.3 Å². The zero-order chi connectivity index (χ0) is 9.26. The van der Waals surface area contributed by atoms with Crippen molar-refractivity contribution in [2.75, 3.05) is 0 Å². The van der Waals surface area contributed by atoms with Gasteiger partial charge in [0.25, 0.3) is 0 Å². The summed E-state index contributed by atoms with van der Waals surface area (Å²) in [5.74, 6) is 0.527. The summed E-state index contributed by atoms with van der Waals surface area (Å²) in [5, 5.41) is 8.94. The van der Waals surface area contributed by atoms with Gasteiger partial charge in [0.2, 0.25) is 0 Å². The molecule has 13 heavy (non-hydrogen) atoms. The Morgan fingerprint density at radius 3 is 3.08 bits per heavy atom. The van der Waals surface area contributed by atoms with Crippen LogP contribution in [0.4, 0.5) is 0 Å². The van der Waals surface area contributed by atoms with E-state index in [2.05, 4.69) is 29.0 Å². The van der Waals surface area contributed by atoms with Crippen LogP contribution in [0.3, 0.4) is 0 Å². The van der Waals surface area contributed by atoms with Crippen molar-refractivity contribution in [3.8, 4) is 0 Å². The Labute approximate surface area is 80.8 Å². The molecule has 2 rings (SSSR count). The van der Waals surface area contributed by atoms with Gasteiger partial charge in [-0.3, -0.25) is 0 Å². The van der Waals surface area contributed by atoms with Gasteiger partial charge in [0.05, 0.1) is 15.9 Å². The third-order valence-electron chi connectivity index (χ3n) is 2.13. The lowest BCUT2D eigenvalue weighted by atomic mass is 10.1. The van der Waals surface area contributed by atoms with Gasteiger partial charge in [0.15, 0.2) is 5.65 Å². The predicted octanol–water partition coefficient (Wildman–Crippen LogP) is 2.60. The highest BCUT2D eigenvalue weighted by Crippen LogP contribution is 2.27. The van der Waals surface area contributed by atoms with Gasteiger partial charge >= 0.3 is 0 Å². The smallest absolute Gasteiger partial charge is 0.192 e. The number of nitrogens with zero attached hydrogens (tertiary/aromatic N) is 3. The average molecular weight is 193 g/mol. The van der Waals surface area contributed by atoms with E-state index < -0.39 is 0 Å². The first kappa shape index (κ1) is 8.56. The second kappa shape index (κ2) is 3.38. The first-order valence-corrected chi connectivity index (χ1v) is 5.21. The van der Waals surface area contributed by atoms with E-state index in [1.165, 1.54) is 0 Å². The highest BCUT2D eigenvalue weighted by Gasteiger charge is 2.09. The second-order valence-electron chi connectivity index (χ2n) is 3.08. The number of aromatic nitrogens is 3. The minimum absolute atomic E-state index is 0.527. The van der Waals surface area contributed by atoms with Crippen LogP contribution < -0.4 is 0 Å². The quantitative estimate of drug-likeness (QED) is 0.735. The number of fused-ring (bicyclic) bond motifs is 1. The highest BCUT2D eigenvalue weighted by atomic mass is 32.1. The molecule has 1 atom stereocenters. The van der Waals surface area contributed by atoms with Crippen molar-refractivity contribution in [2.45, 2.75) is 26.2 Å². The van der Waals surface area contributed by atoms with Crippen LogP contribution in [-0.4, -0.2) is 15.2 Å². The molecular weight excluding hydrogens is 182 g/mol. The fourth-order valence-electron chi connectivity index (χ4n) is 1.10. The Bertz CT molecular complexity index is 377. The van der Waals surface area contributed by atoms with Gasteiger partial charge in [-0.2, -0.15) is 5.10 Å². The Morgan fingerprint density at radius 2 is 2.38 bits per heavy atom. The molecule has 4 heteroatoms. The zero-order valence-corrected chi connectivity index (χ0v) is 8.51. The van der Waals surface area contributed by atoms with Crippen molar-refractivity contribution in [3.05, 3.63) is 17.3 Å². The minimum Gasteiger partial charge on any atom is -0.220 e. The van der Waals surface area contributed by atoms with Gasteiger partial charge in [0.1, 0.15) is 0 Å². The van der Waals surface area contributed by atoms with E-state index in [1.807, 2.05) is 6.07 Å². The lowest BCUT2D eigenvalue weighted by molar-refractivity contribution is 0.727. The molecular formula is C9H11N3S. The topological polar surface area (TPSA) is 38.7 Å². The molecule has 0 bridgehead atoms. The summed E-state index contributed by atoms with van der Waals surface area (Å²) in [6, 6.07) is 1.96. The number of rotatable bonds is 2. The van der Waals surface area contributed by atoms with Gasteiger partial charge in [-0.1, -0.05) is 13.8 Å². The van der Waals surface area contributed by atoms with E-state index in [9.17, 15) is 0 Å². The van der Waals surface area contributed by atoms with Crippen molar-refractivity contribution in [1.29, 1.82) is 0 Å². The monoisotopic (exact) mass is 193 g/mol. The van der Waals surface area contributed by atoms with Crippen molar-refractivity contribution < 1.29 is 0 Å². The average Bonchev–Trinajstić information content (AvgIpc) is 2.59. The number of hydrogen-bond acceptors (Lipinski definition) is 4. The maximum Gasteiger partial charge on any atom is 0.192 e. The maximum atomic E-state index is 4.43. The van der Waals surface area contributed by atoms with Gasteiger partial charge < -0.3 is 0 Å². The van der Waals surface area contributed by atoms with E-state index in [1.54, 1.807) is 17.5 Å². The van der Waals surface area contributed by atoms with Crippen molar-refractivity contribution in [2.24, 2.45) is 0 Å². The summed E-state index contributed by atoms with van der Waals surface area (Å²) in [6.45, 7) is 4.35. The van der Waals surface area contributed by atoms with E-state index in [-0.39, 0.29) is 0 Å². The molecule has 3 nitrogen and oxygen atoms in total. The standard InChI is InChI=1S/C9H11N3S/c1-3-6(2)9-11-8-7(13-9)4-5-10-12-8/h4-6H,3H2,1-2H3. The van der Waals surface area contributed by atoms with E-state index >= 15 is 0 Å². The molecule has 0 aliphatic rings. The molecule has 0 spiro atoms. The number of hydrogen-bond donors (Lipinski definition) is 0. The molecule has 0 N–H and O–H groups in total. The van der Waals surface area contributed by atoms with Gasteiger partial charge in [-0.05, 0) is 12.5 Å². The number of thiazole rings is 1. The van der Waals surface area contributed by atoms with Crippen molar-refractivity contribution in [3.63, 3.8) is 0 Å². The van der Waals surface area contributed by atoms with Crippen molar-refractivity contribution >= 4 is 21.7 Å². The van der Waals surface area contributed by atoms with Crippen LogP contribution >= 0.6 is 11.3 Å². The summed E-state index contributed by atoms with van der Waals surface area (Å²) in [7, 11) is 0. The van der Waals surface area contributed by atoms with Crippen LogP contribution in [0.1, 0.15) is 31.2 Å². The Kier molecular flexibility index (Phi) is 2.22. The van der Waals surface area contributed by atoms with Crippen LogP contribution in [0, 0.1) is 0 Å². The molecule has 2 aromatic rings. The van der Waals surface area contributed by atoms with Crippen LogP contribution in [-0.2, 0) is 0 Å². The first-order valence-electron chi connectivity index (χ1n) is 4.39. The Balaban J connectivity index is 2.49. The third kappa shape index (κ3) is 1.54. The normalized spacial score (nSPS) is 13.4. The van der Waals surface area contributed by atoms with Crippen LogP contribution in [0.5, 0.6) is 0 Å². The van der Waals surface area contributed by atoms with Gasteiger partial charge in [-0.25, -0.2) is 4.98 Å². The Morgan fingerprint density at radius 1 is 1.54 bits per heavy atom. The Hall–Kier alpha value is -1.03. The fourth-order valence-corrected chi connectivity index (χ4v) is 2.13. The molecule has 68 valence electrons. The lowest BCUT2D eigenvalue weighted by Crippen LogP contribution is -1.89. The molecule has 0 amide bonds. The SMILES string of the molecule is CCC(C)c1nc2nnccc2s1. The summed E-state index contributed by atoms with van der Waals surface area (Å²) in [4.78, 5) is 4.43. The second-order valence-corrected chi connectivity index (χ2v) is 4.14. The molecule has 0 aliphatic carbocycles. The van der Waals surface area contributed by atoms with E-state index in [0.29, 0.717) is 5.92 Å². The predicted molar refractivity (Wildman–Crippen MR) is 53.9 cm³/mol. The summed E-state index contributed by atoms with van der Waals surface area (Å²) in [6.07, 6.45) is 2.83. The summed E-state index contributed by atoms with van der Waals surface area (Å²) < 4.78 is 1.13. The van der Waals surface area contributed by atoms with Crippen LogP contribution in [0.2, 0.25) is 0 Å².